The molecule has 1 N–H and O–H groups in total. The lowest BCUT2D eigenvalue weighted by Gasteiger charge is -2.32. The van der Waals surface area contributed by atoms with Gasteiger partial charge in [0.15, 0.2) is 0 Å². The third-order valence-corrected chi connectivity index (χ3v) is 5.22. The predicted octanol–water partition coefficient (Wildman–Crippen LogP) is 3.78. The molecule has 23 heavy (non-hydrogen) atoms. The van der Waals surface area contributed by atoms with E-state index in [0.717, 1.165) is 44.8 Å². The van der Waals surface area contributed by atoms with Gasteiger partial charge < -0.3 is 10.2 Å². The van der Waals surface area contributed by atoms with Crippen molar-refractivity contribution in [3.05, 3.63) is 28.8 Å². The second-order valence-corrected chi connectivity index (χ2v) is 6.96. The summed E-state index contributed by atoms with van der Waals surface area (Å²) in [5, 5.41) is 3.40. The lowest BCUT2D eigenvalue weighted by atomic mass is 9.92. The van der Waals surface area contributed by atoms with Gasteiger partial charge in [-0.25, -0.2) is 0 Å². The molecule has 1 fully saturated rings. The van der Waals surface area contributed by atoms with Gasteiger partial charge in [-0.15, -0.1) is 12.4 Å². The molecule has 1 amide bonds. The molecule has 2 heterocycles. The number of fused-ring (bicyclic) bond motifs is 1. The van der Waals surface area contributed by atoms with Crippen LogP contribution in [0.1, 0.15) is 48.8 Å². The Balaban J connectivity index is 0.00000192. The van der Waals surface area contributed by atoms with Gasteiger partial charge in [0, 0.05) is 18.7 Å². The Labute approximate surface area is 146 Å². The highest BCUT2D eigenvalue weighted by Gasteiger charge is 2.24. The van der Waals surface area contributed by atoms with E-state index in [-0.39, 0.29) is 12.4 Å². The zero-order chi connectivity index (χ0) is 15.5. The summed E-state index contributed by atoms with van der Waals surface area (Å²) in [6.07, 6.45) is 6.41. The number of benzene rings is 1. The second-order valence-electron chi connectivity index (χ2n) is 6.96. The van der Waals surface area contributed by atoms with Crippen molar-refractivity contribution < 1.29 is 4.79 Å². The standard InChI is InChI=1S/C19H28N2O.ClH/c1-14-12-15(2)17-4-3-11-21(18(17)13-14)19(22)6-5-16-7-9-20-10-8-16;/h12-13,16,20H,3-11H2,1-2H3;1H. The summed E-state index contributed by atoms with van der Waals surface area (Å²) in [5.41, 5.74) is 5.16. The molecule has 0 radical (unpaired) electrons. The van der Waals surface area contributed by atoms with E-state index in [0.29, 0.717) is 12.3 Å². The van der Waals surface area contributed by atoms with Crippen LogP contribution >= 0.6 is 12.4 Å². The summed E-state index contributed by atoms with van der Waals surface area (Å²) in [6, 6.07) is 4.44. The normalized spacial score (nSPS) is 18.3. The number of halogens is 1. The highest BCUT2D eigenvalue weighted by molar-refractivity contribution is 5.94. The zero-order valence-electron chi connectivity index (χ0n) is 14.4. The van der Waals surface area contributed by atoms with Crippen LogP contribution in [-0.4, -0.2) is 25.5 Å². The summed E-state index contributed by atoms with van der Waals surface area (Å²) in [7, 11) is 0. The highest BCUT2D eigenvalue weighted by atomic mass is 35.5. The van der Waals surface area contributed by atoms with Crippen LogP contribution in [0, 0.1) is 19.8 Å². The maximum Gasteiger partial charge on any atom is 0.226 e. The largest absolute Gasteiger partial charge is 0.317 e. The number of anilines is 1. The van der Waals surface area contributed by atoms with Crippen LogP contribution in [0.2, 0.25) is 0 Å². The molecule has 0 spiro atoms. The van der Waals surface area contributed by atoms with Gasteiger partial charge in [0.25, 0.3) is 0 Å². The topological polar surface area (TPSA) is 32.3 Å². The van der Waals surface area contributed by atoms with Gasteiger partial charge >= 0.3 is 0 Å². The van der Waals surface area contributed by atoms with E-state index < -0.39 is 0 Å². The van der Waals surface area contributed by atoms with Crippen LogP contribution in [-0.2, 0) is 11.2 Å². The second kappa shape index (κ2) is 8.16. The number of nitrogens with one attached hydrogen (secondary N) is 1. The molecule has 0 bridgehead atoms. The average Bonchev–Trinajstić information content (AvgIpc) is 2.53. The monoisotopic (exact) mass is 336 g/mol. The minimum atomic E-state index is 0. The van der Waals surface area contributed by atoms with Gasteiger partial charge in [-0.05, 0) is 87.7 Å². The van der Waals surface area contributed by atoms with E-state index >= 15 is 0 Å². The Morgan fingerprint density at radius 1 is 1.26 bits per heavy atom. The van der Waals surface area contributed by atoms with Gasteiger partial charge in [-0.2, -0.15) is 0 Å². The highest BCUT2D eigenvalue weighted by Crippen LogP contribution is 2.32. The van der Waals surface area contributed by atoms with Crippen molar-refractivity contribution in [3.8, 4) is 0 Å². The number of amides is 1. The Bertz CT molecular complexity index is 553. The van der Waals surface area contributed by atoms with E-state index in [1.807, 2.05) is 0 Å². The molecule has 3 nitrogen and oxygen atoms in total. The summed E-state index contributed by atoms with van der Waals surface area (Å²) in [5.74, 6) is 1.05. The summed E-state index contributed by atoms with van der Waals surface area (Å²) in [6.45, 7) is 7.42. The quantitative estimate of drug-likeness (QED) is 0.911. The molecule has 0 aromatic heterocycles. The minimum Gasteiger partial charge on any atom is -0.317 e. The lowest BCUT2D eigenvalue weighted by molar-refractivity contribution is -0.119. The fourth-order valence-corrected chi connectivity index (χ4v) is 3.97. The smallest absolute Gasteiger partial charge is 0.226 e. The van der Waals surface area contributed by atoms with Crippen LogP contribution in [0.25, 0.3) is 0 Å². The molecule has 1 aromatic rings. The molecule has 0 aliphatic carbocycles. The van der Waals surface area contributed by atoms with Gasteiger partial charge in [0.2, 0.25) is 5.91 Å². The molecule has 2 aliphatic heterocycles. The van der Waals surface area contributed by atoms with Gasteiger partial charge in [-0.3, -0.25) is 4.79 Å². The molecular formula is C19H29ClN2O. The van der Waals surface area contributed by atoms with Crippen LogP contribution in [0.15, 0.2) is 12.1 Å². The maximum atomic E-state index is 12.7. The molecule has 128 valence electrons. The van der Waals surface area contributed by atoms with E-state index in [1.54, 1.807) is 0 Å². The molecule has 1 aromatic carbocycles. The molecular weight excluding hydrogens is 308 g/mol. The Hall–Kier alpha value is -1.06. The van der Waals surface area contributed by atoms with Crippen LogP contribution in [0.4, 0.5) is 5.69 Å². The molecule has 0 atom stereocenters. The van der Waals surface area contributed by atoms with E-state index in [9.17, 15) is 4.79 Å². The van der Waals surface area contributed by atoms with Gasteiger partial charge in [-0.1, -0.05) is 6.07 Å². The number of aryl methyl sites for hydroxylation is 2. The Morgan fingerprint density at radius 3 is 2.74 bits per heavy atom. The van der Waals surface area contributed by atoms with Crippen molar-refractivity contribution in [2.45, 2.75) is 52.4 Å². The van der Waals surface area contributed by atoms with E-state index in [2.05, 4.69) is 36.2 Å². The van der Waals surface area contributed by atoms with Crippen LogP contribution in [0.5, 0.6) is 0 Å². The number of hydrogen-bond donors (Lipinski definition) is 1. The van der Waals surface area contributed by atoms with Crippen molar-refractivity contribution in [2.75, 3.05) is 24.5 Å². The van der Waals surface area contributed by atoms with Crippen molar-refractivity contribution in [1.82, 2.24) is 5.32 Å². The fraction of sp³-hybridized carbons (Fsp3) is 0.632. The Kier molecular flexibility index (Phi) is 6.49. The number of nitrogens with zero attached hydrogens (tertiary/aromatic N) is 1. The molecule has 0 saturated carbocycles. The number of carbonyl (C=O) groups excluding carboxylic acids is 1. The SMILES string of the molecule is Cc1cc(C)c2c(c1)N(C(=O)CCC1CCNCC1)CCC2.Cl. The average molecular weight is 337 g/mol. The third-order valence-electron chi connectivity index (χ3n) is 5.22. The summed E-state index contributed by atoms with van der Waals surface area (Å²) < 4.78 is 0. The number of carbonyl (C=O) groups is 1. The first-order valence-corrected chi connectivity index (χ1v) is 8.76. The third kappa shape index (κ3) is 4.27. The number of piperidine rings is 1. The van der Waals surface area contributed by atoms with Crippen LogP contribution in [0.3, 0.4) is 0 Å². The summed E-state index contributed by atoms with van der Waals surface area (Å²) >= 11 is 0. The lowest BCUT2D eigenvalue weighted by Crippen LogP contribution is -2.36. The predicted molar refractivity (Wildman–Crippen MR) is 98.7 cm³/mol. The molecule has 2 aliphatic rings. The van der Waals surface area contributed by atoms with E-state index in [1.165, 1.54) is 35.2 Å². The molecule has 3 rings (SSSR count). The van der Waals surface area contributed by atoms with Crippen molar-refractivity contribution >= 4 is 24.0 Å². The van der Waals surface area contributed by atoms with Gasteiger partial charge in [0.05, 0.1) is 0 Å². The first-order chi connectivity index (χ1) is 10.6. The number of rotatable bonds is 3. The zero-order valence-corrected chi connectivity index (χ0v) is 15.2. The summed E-state index contributed by atoms with van der Waals surface area (Å²) in [4.78, 5) is 14.8. The first kappa shape index (κ1) is 18.3. The van der Waals surface area contributed by atoms with Crippen molar-refractivity contribution in [3.63, 3.8) is 0 Å². The van der Waals surface area contributed by atoms with Crippen molar-refractivity contribution in [2.24, 2.45) is 5.92 Å². The molecule has 4 heteroatoms. The Morgan fingerprint density at radius 2 is 2.00 bits per heavy atom. The van der Waals surface area contributed by atoms with Crippen LogP contribution < -0.4 is 10.2 Å². The minimum absolute atomic E-state index is 0. The first-order valence-electron chi connectivity index (χ1n) is 8.76. The fourth-order valence-electron chi connectivity index (χ4n) is 3.97. The molecule has 0 unspecified atom stereocenters. The maximum absolute atomic E-state index is 12.7. The van der Waals surface area contributed by atoms with Crippen molar-refractivity contribution in [1.29, 1.82) is 0 Å². The number of hydrogen-bond acceptors (Lipinski definition) is 2. The van der Waals surface area contributed by atoms with Gasteiger partial charge in [0.1, 0.15) is 0 Å². The van der Waals surface area contributed by atoms with E-state index in [4.69, 9.17) is 0 Å². The molecule has 1 saturated heterocycles.